The number of rotatable bonds is 4. The fourth-order valence-corrected chi connectivity index (χ4v) is 2.94. The lowest BCUT2D eigenvalue weighted by atomic mass is 10.1. The normalized spacial score (nSPS) is 11.7. The van der Waals surface area contributed by atoms with Crippen molar-refractivity contribution in [1.82, 2.24) is 0 Å². The molecule has 7 heteroatoms. The molecule has 0 radical (unpaired) electrons. The van der Waals surface area contributed by atoms with Crippen molar-refractivity contribution in [2.24, 2.45) is 0 Å². The highest BCUT2D eigenvalue weighted by Crippen LogP contribution is 2.21. The zero-order valence-corrected chi connectivity index (χ0v) is 12.4. The summed E-state index contributed by atoms with van der Waals surface area (Å²) in [6, 6.07) is 11.1. The van der Waals surface area contributed by atoms with Crippen molar-refractivity contribution in [3.05, 3.63) is 70.4 Å². The minimum atomic E-state index is -4.08. The van der Waals surface area contributed by atoms with Crippen LogP contribution in [-0.2, 0) is 9.84 Å². The number of benzene rings is 2. The molecule has 0 aliphatic heterocycles. The van der Waals surface area contributed by atoms with Gasteiger partial charge in [-0.05, 0) is 48.0 Å². The van der Waals surface area contributed by atoms with Crippen molar-refractivity contribution in [3.8, 4) is 6.07 Å². The molecule has 0 aliphatic rings. The number of nitrogens with zero attached hydrogens (tertiary/aromatic N) is 1. The number of carboxylic acids is 1. The monoisotopic (exact) mass is 331 g/mol. The van der Waals surface area contributed by atoms with Crippen molar-refractivity contribution in [2.45, 2.75) is 4.90 Å². The fraction of sp³-hybridized carbons (Fsp3) is 0. The Labute approximate surface area is 131 Å². The maximum Gasteiger partial charge on any atom is 0.335 e. The van der Waals surface area contributed by atoms with Gasteiger partial charge in [0.2, 0.25) is 9.84 Å². The van der Waals surface area contributed by atoms with Crippen LogP contribution >= 0.6 is 0 Å². The molecule has 0 aliphatic carbocycles. The second-order valence-corrected chi connectivity index (χ2v) is 6.42. The molecule has 0 saturated carbocycles. The van der Waals surface area contributed by atoms with Crippen LogP contribution in [0, 0.1) is 17.1 Å². The summed E-state index contributed by atoms with van der Waals surface area (Å²) < 4.78 is 37.6. The van der Waals surface area contributed by atoms with E-state index in [9.17, 15) is 17.6 Å². The molecule has 23 heavy (non-hydrogen) atoms. The van der Waals surface area contributed by atoms with Gasteiger partial charge in [0.05, 0.1) is 10.5 Å². The first-order chi connectivity index (χ1) is 10.8. The molecule has 0 heterocycles. The molecule has 0 bridgehead atoms. The first-order valence-electron chi connectivity index (χ1n) is 6.30. The second kappa shape index (κ2) is 6.42. The molecule has 2 rings (SSSR count). The maximum atomic E-state index is 12.9. The fourth-order valence-electron chi connectivity index (χ4n) is 1.78. The predicted octanol–water partition coefficient (Wildman–Crippen LogP) is 2.86. The highest BCUT2D eigenvalue weighted by atomic mass is 32.2. The second-order valence-electron chi connectivity index (χ2n) is 4.50. The number of halogens is 1. The van der Waals surface area contributed by atoms with E-state index >= 15 is 0 Å². The smallest absolute Gasteiger partial charge is 0.335 e. The molecule has 2 aromatic carbocycles. The van der Waals surface area contributed by atoms with Crippen LogP contribution in [-0.4, -0.2) is 19.5 Å². The molecule has 116 valence electrons. The number of hydrogen-bond donors (Lipinski definition) is 1. The summed E-state index contributed by atoms with van der Waals surface area (Å²) in [5.41, 5.74) is 0.402. The number of carboxylic acid groups (broad SMARTS) is 1. The van der Waals surface area contributed by atoms with Gasteiger partial charge in [-0.15, -0.1) is 0 Å². The van der Waals surface area contributed by atoms with Crippen LogP contribution in [0.5, 0.6) is 0 Å². The highest BCUT2D eigenvalue weighted by Gasteiger charge is 2.20. The summed E-state index contributed by atoms with van der Waals surface area (Å²) in [5, 5.41) is 17.9. The van der Waals surface area contributed by atoms with E-state index < -0.39 is 26.5 Å². The van der Waals surface area contributed by atoms with E-state index in [1.54, 1.807) is 6.07 Å². The van der Waals surface area contributed by atoms with E-state index in [0.717, 1.165) is 30.3 Å². The minimum absolute atomic E-state index is 0.0436. The van der Waals surface area contributed by atoms with Gasteiger partial charge in [0.1, 0.15) is 16.8 Å². The molecule has 0 atom stereocenters. The molecule has 0 amide bonds. The summed E-state index contributed by atoms with van der Waals surface area (Å²) >= 11 is 0. The Morgan fingerprint density at radius 1 is 1.09 bits per heavy atom. The lowest BCUT2D eigenvalue weighted by Gasteiger charge is -2.03. The average Bonchev–Trinajstić information content (AvgIpc) is 2.53. The maximum absolute atomic E-state index is 12.9. The summed E-state index contributed by atoms with van der Waals surface area (Å²) in [5.74, 6) is -1.70. The molecule has 0 spiro atoms. The largest absolute Gasteiger partial charge is 0.478 e. The molecule has 0 unspecified atom stereocenters. The third-order valence-electron chi connectivity index (χ3n) is 2.98. The van der Waals surface area contributed by atoms with E-state index in [0.29, 0.717) is 5.56 Å². The third kappa shape index (κ3) is 3.62. The Hall–Kier alpha value is -2.98. The molecule has 2 aromatic rings. The van der Waals surface area contributed by atoms with Crippen molar-refractivity contribution in [3.63, 3.8) is 0 Å². The topological polar surface area (TPSA) is 95.2 Å². The van der Waals surface area contributed by atoms with E-state index in [1.807, 2.05) is 0 Å². The molecule has 0 aromatic heterocycles. The van der Waals surface area contributed by atoms with Crippen LogP contribution in [0.25, 0.3) is 6.08 Å². The lowest BCUT2D eigenvalue weighted by Crippen LogP contribution is -2.03. The van der Waals surface area contributed by atoms with Crippen LogP contribution in [0.4, 0.5) is 4.39 Å². The van der Waals surface area contributed by atoms with E-state index in [1.165, 1.54) is 24.3 Å². The summed E-state index contributed by atoms with van der Waals surface area (Å²) in [6.07, 6.45) is 1.13. The SMILES string of the molecule is N#CC(=Cc1ccc(C(=O)O)cc1)S(=O)(=O)c1ccc(F)cc1. The van der Waals surface area contributed by atoms with Gasteiger partial charge in [0, 0.05) is 0 Å². The quantitative estimate of drug-likeness (QED) is 0.686. The molecule has 1 N–H and O–H groups in total. The first-order valence-corrected chi connectivity index (χ1v) is 7.79. The zero-order valence-electron chi connectivity index (χ0n) is 11.6. The van der Waals surface area contributed by atoms with Crippen molar-refractivity contribution < 1.29 is 22.7 Å². The summed E-state index contributed by atoms with van der Waals surface area (Å²) in [6.45, 7) is 0. The number of aromatic carboxylic acids is 1. The van der Waals surface area contributed by atoms with E-state index in [-0.39, 0.29) is 10.5 Å². The van der Waals surface area contributed by atoms with Gasteiger partial charge >= 0.3 is 5.97 Å². The van der Waals surface area contributed by atoms with Gasteiger partial charge in [-0.1, -0.05) is 12.1 Å². The predicted molar refractivity (Wildman–Crippen MR) is 80.6 cm³/mol. The summed E-state index contributed by atoms with van der Waals surface area (Å²) in [4.78, 5) is 10.0. The van der Waals surface area contributed by atoms with E-state index in [4.69, 9.17) is 10.4 Å². The average molecular weight is 331 g/mol. The van der Waals surface area contributed by atoms with Crippen LogP contribution in [0.15, 0.2) is 58.3 Å². The number of sulfone groups is 1. The van der Waals surface area contributed by atoms with Gasteiger partial charge in [-0.2, -0.15) is 5.26 Å². The Morgan fingerprint density at radius 3 is 2.13 bits per heavy atom. The number of hydrogen-bond acceptors (Lipinski definition) is 4. The standard InChI is InChI=1S/C16H10FNO4S/c17-13-5-7-14(8-6-13)23(21,22)15(10-18)9-11-1-3-12(4-2-11)16(19)20/h1-9H,(H,19,20). The Morgan fingerprint density at radius 2 is 1.65 bits per heavy atom. The van der Waals surface area contributed by atoms with Crippen LogP contribution < -0.4 is 0 Å². The van der Waals surface area contributed by atoms with Crippen molar-refractivity contribution in [1.29, 1.82) is 5.26 Å². The third-order valence-corrected chi connectivity index (χ3v) is 4.66. The Bertz CT molecular complexity index is 908. The number of carbonyl (C=O) groups is 1. The van der Waals surface area contributed by atoms with Gasteiger partial charge in [-0.3, -0.25) is 0 Å². The van der Waals surface area contributed by atoms with Crippen molar-refractivity contribution in [2.75, 3.05) is 0 Å². The minimum Gasteiger partial charge on any atom is -0.478 e. The molecule has 5 nitrogen and oxygen atoms in total. The number of nitriles is 1. The highest BCUT2D eigenvalue weighted by molar-refractivity contribution is 7.95. The molecular formula is C16H10FNO4S. The Balaban J connectivity index is 2.44. The zero-order chi connectivity index (χ0) is 17.0. The van der Waals surface area contributed by atoms with E-state index in [2.05, 4.69) is 0 Å². The van der Waals surface area contributed by atoms with Crippen LogP contribution in [0.2, 0.25) is 0 Å². The molecular weight excluding hydrogens is 321 g/mol. The van der Waals surface area contributed by atoms with Crippen molar-refractivity contribution >= 4 is 21.9 Å². The Kier molecular flexibility index (Phi) is 4.57. The van der Waals surface area contributed by atoms with Gasteiger partial charge in [0.25, 0.3) is 0 Å². The molecule has 0 fully saturated rings. The summed E-state index contributed by atoms with van der Waals surface area (Å²) in [7, 11) is -4.08. The van der Waals surface area contributed by atoms with Gasteiger partial charge in [0.15, 0.2) is 0 Å². The van der Waals surface area contributed by atoms with Crippen LogP contribution in [0.1, 0.15) is 15.9 Å². The number of allylic oxidation sites excluding steroid dienone is 1. The van der Waals surface area contributed by atoms with Crippen LogP contribution in [0.3, 0.4) is 0 Å². The van der Waals surface area contributed by atoms with Gasteiger partial charge in [-0.25, -0.2) is 17.6 Å². The van der Waals surface area contributed by atoms with Gasteiger partial charge < -0.3 is 5.11 Å². The lowest BCUT2D eigenvalue weighted by molar-refractivity contribution is 0.0697. The first kappa shape index (κ1) is 16.4. The molecule has 0 saturated heterocycles.